The molecule has 2 rings (SSSR count). The number of halogens is 2. The van der Waals surface area contributed by atoms with Gasteiger partial charge in [0.15, 0.2) is 0 Å². The zero-order valence-corrected chi connectivity index (χ0v) is 14.1. The number of piperidine rings is 1. The van der Waals surface area contributed by atoms with Crippen molar-refractivity contribution >= 4 is 34.2 Å². The highest BCUT2D eigenvalue weighted by Gasteiger charge is 2.19. The van der Waals surface area contributed by atoms with Crippen molar-refractivity contribution in [2.45, 2.75) is 31.6 Å². The lowest BCUT2D eigenvalue weighted by atomic mass is 9.89. The van der Waals surface area contributed by atoms with Crippen molar-refractivity contribution in [1.82, 2.24) is 4.90 Å². The normalized spacial score (nSPS) is 18.7. The van der Waals surface area contributed by atoms with Crippen molar-refractivity contribution in [2.24, 2.45) is 0 Å². The molecule has 0 unspecified atom stereocenters. The molecule has 0 atom stereocenters. The van der Waals surface area contributed by atoms with E-state index in [0.717, 1.165) is 12.3 Å². The quantitative estimate of drug-likeness (QED) is 0.629. The van der Waals surface area contributed by atoms with Gasteiger partial charge >= 0.3 is 0 Å². The van der Waals surface area contributed by atoms with E-state index in [2.05, 4.69) is 57.8 Å². The Bertz CT molecular complexity index is 396. The molecule has 0 N–H and O–H groups in total. The van der Waals surface area contributed by atoms with Gasteiger partial charge in [0, 0.05) is 9.12 Å². The van der Waals surface area contributed by atoms with Crippen LogP contribution in [0.4, 0.5) is 0 Å². The summed E-state index contributed by atoms with van der Waals surface area (Å²) < 4.78 is 1.26. The Morgan fingerprint density at radius 2 is 1.95 bits per heavy atom. The van der Waals surface area contributed by atoms with Gasteiger partial charge < -0.3 is 4.90 Å². The molecule has 1 nitrogen and oxygen atoms in total. The van der Waals surface area contributed by atoms with E-state index in [1.807, 2.05) is 0 Å². The Hall–Kier alpha value is -0.0600. The number of hydrogen-bond acceptors (Lipinski definition) is 1. The van der Waals surface area contributed by atoms with Crippen LogP contribution in [0, 0.1) is 0 Å². The summed E-state index contributed by atoms with van der Waals surface area (Å²) in [6.07, 6.45) is 4.93. The van der Waals surface area contributed by atoms with Gasteiger partial charge in [-0.15, -0.1) is 0 Å². The van der Waals surface area contributed by atoms with E-state index in [1.54, 1.807) is 5.54 Å². The summed E-state index contributed by atoms with van der Waals surface area (Å²) in [5, 5.41) is 0. The van der Waals surface area contributed by atoms with E-state index in [0.29, 0.717) is 0 Å². The van der Waals surface area contributed by atoms with E-state index in [-0.39, 0.29) is 0 Å². The molecule has 0 saturated carbocycles. The summed E-state index contributed by atoms with van der Waals surface area (Å²) in [7, 11) is 0. The summed E-state index contributed by atoms with van der Waals surface area (Å²) in [6.45, 7) is 3.68. The summed E-state index contributed by atoms with van der Waals surface area (Å²) in [5.74, 6) is 0.764. The van der Waals surface area contributed by atoms with Gasteiger partial charge in [0.2, 0.25) is 0 Å². The maximum Gasteiger partial charge on any atom is 0.0135 e. The number of rotatable bonds is 5. The highest BCUT2D eigenvalue weighted by molar-refractivity contribution is 14.1. The molecule has 1 fully saturated rings. The third-order valence-corrected chi connectivity index (χ3v) is 5.35. The monoisotopic (exact) mass is 389 g/mol. The fraction of sp³-hybridized carbons (Fsp3) is 0.500. The fourth-order valence-corrected chi connectivity index (χ4v) is 3.23. The van der Waals surface area contributed by atoms with Gasteiger partial charge in [-0.25, -0.2) is 0 Å². The highest BCUT2D eigenvalue weighted by Crippen LogP contribution is 2.28. The molecule has 1 heterocycles. The molecule has 1 aromatic carbocycles. The molecule has 0 spiro atoms. The van der Waals surface area contributed by atoms with Crippen LogP contribution >= 0.6 is 34.2 Å². The van der Waals surface area contributed by atoms with Gasteiger partial charge in [-0.3, -0.25) is 0 Å². The standard InChI is InChI=1S/C16H21ClIN/c17-13-16(18)7-4-10-19-11-8-15(9-12-19)14-5-2-1-3-6-14/h1-3,5-6,13,15H,4,7-12H2/b16-13+. The van der Waals surface area contributed by atoms with Gasteiger partial charge in [-0.05, 0) is 79.4 Å². The predicted molar refractivity (Wildman–Crippen MR) is 92.0 cm³/mol. The Morgan fingerprint density at radius 3 is 2.58 bits per heavy atom. The molecule has 0 aromatic heterocycles. The lowest BCUT2D eigenvalue weighted by Gasteiger charge is -2.32. The smallest absolute Gasteiger partial charge is 0.0135 e. The van der Waals surface area contributed by atoms with E-state index < -0.39 is 0 Å². The second kappa shape index (κ2) is 8.28. The fourth-order valence-electron chi connectivity index (χ4n) is 2.74. The summed E-state index contributed by atoms with van der Waals surface area (Å²) in [4.78, 5) is 2.59. The van der Waals surface area contributed by atoms with Gasteiger partial charge in [-0.1, -0.05) is 41.9 Å². The van der Waals surface area contributed by atoms with Crippen molar-refractivity contribution in [1.29, 1.82) is 0 Å². The molecule has 19 heavy (non-hydrogen) atoms. The minimum atomic E-state index is 0.764. The lowest BCUT2D eigenvalue weighted by Crippen LogP contribution is -2.33. The molecule has 0 aliphatic carbocycles. The SMILES string of the molecule is Cl/C=C(/I)CCCN1CCC(c2ccccc2)CC1. The third-order valence-electron chi connectivity index (χ3n) is 3.87. The Labute approximate surface area is 135 Å². The van der Waals surface area contributed by atoms with Crippen molar-refractivity contribution in [3.05, 3.63) is 45.0 Å². The number of hydrogen-bond donors (Lipinski definition) is 0. The van der Waals surface area contributed by atoms with Crippen LogP contribution in [0.1, 0.15) is 37.2 Å². The van der Waals surface area contributed by atoms with Crippen molar-refractivity contribution in [2.75, 3.05) is 19.6 Å². The van der Waals surface area contributed by atoms with Crippen molar-refractivity contribution in [3.8, 4) is 0 Å². The van der Waals surface area contributed by atoms with Crippen LogP contribution in [-0.4, -0.2) is 24.5 Å². The molecule has 3 heteroatoms. The van der Waals surface area contributed by atoms with E-state index >= 15 is 0 Å². The Morgan fingerprint density at radius 1 is 1.26 bits per heavy atom. The summed E-state index contributed by atoms with van der Waals surface area (Å²) in [6, 6.07) is 11.0. The third kappa shape index (κ3) is 5.09. The van der Waals surface area contributed by atoms with Crippen LogP contribution in [0.5, 0.6) is 0 Å². The molecule has 104 valence electrons. The van der Waals surface area contributed by atoms with Crippen LogP contribution in [0.3, 0.4) is 0 Å². The first-order valence-corrected chi connectivity index (χ1v) is 8.53. The first kappa shape index (κ1) is 15.3. The van der Waals surface area contributed by atoms with E-state index in [4.69, 9.17) is 11.6 Å². The molecule has 1 aliphatic rings. The van der Waals surface area contributed by atoms with Gasteiger partial charge in [0.25, 0.3) is 0 Å². The van der Waals surface area contributed by atoms with Gasteiger partial charge in [0.1, 0.15) is 0 Å². The zero-order chi connectivity index (χ0) is 13.5. The van der Waals surface area contributed by atoms with Crippen LogP contribution in [0.2, 0.25) is 0 Å². The first-order chi connectivity index (χ1) is 9.29. The van der Waals surface area contributed by atoms with E-state index in [9.17, 15) is 0 Å². The minimum absolute atomic E-state index is 0.764. The molecule has 0 radical (unpaired) electrons. The highest BCUT2D eigenvalue weighted by atomic mass is 127. The van der Waals surface area contributed by atoms with Crippen LogP contribution in [-0.2, 0) is 0 Å². The van der Waals surface area contributed by atoms with Gasteiger partial charge in [0.05, 0.1) is 0 Å². The van der Waals surface area contributed by atoms with Crippen LogP contribution in [0.25, 0.3) is 0 Å². The van der Waals surface area contributed by atoms with Gasteiger partial charge in [-0.2, -0.15) is 0 Å². The number of allylic oxidation sites excluding steroid dienone is 1. The number of likely N-dealkylation sites (tertiary alicyclic amines) is 1. The van der Waals surface area contributed by atoms with Crippen molar-refractivity contribution in [3.63, 3.8) is 0 Å². The maximum absolute atomic E-state index is 5.68. The lowest BCUT2D eigenvalue weighted by molar-refractivity contribution is 0.210. The number of benzene rings is 1. The predicted octanol–water partition coefficient (Wildman–Crippen LogP) is 5.16. The summed E-state index contributed by atoms with van der Waals surface area (Å²) in [5.41, 5.74) is 3.21. The molecule has 1 saturated heterocycles. The topological polar surface area (TPSA) is 3.24 Å². The van der Waals surface area contributed by atoms with Crippen molar-refractivity contribution < 1.29 is 0 Å². The molecular weight excluding hydrogens is 369 g/mol. The summed E-state index contributed by atoms with van der Waals surface area (Å²) >= 11 is 8.00. The molecular formula is C16H21ClIN. The molecule has 0 amide bonds. The molecule has 1 aromatic rings. The average Bonchev–Trinajstić information content (AvgIpc) is 2.48. The van der Waals surface area contributed by atoms with Crippen LogP contribution in [0.15, 0.2) is 39.4 Å². The second-order valence-electron chi connectivity index (χ2n) is 5.19. The Kier molecular flexibility index (Phi) is 6.68. The minimum Gasteiger partial charge on any atom is -0.303 e. The average molecular weight is 390 g/mol. The van der Waals surface area contributed by atoms with Crippen LogP contribution < -0.4 is 0 Å². The Balaban J connectivity index is 1.71. The largest absolute Gasteiger partial charge is 0.303 e. The van der Waals surface area contributed by atoms with E-state index in [1.165, 1.54) is 48.0 Å². The first-order valence-electron chi connectivity index (χ1n) is 7.01. The second-order valence-corrected chi connectivity index (χ2v) is 6.79. The number of nitrogens with zero attached hydrogens (tertiary/aromatic N) is 1. The maximum atomic E-state index is 5.68. The zero-order valence-electron chi connectivity index (χ0n) is 11.2. The molecule has 0 bridgehead atoms. The molecule has 1 aliphatic heterocycles.